The molecule has 0 atom stereocenters. The number of ether oxygens (including phenoxy) is 2. The van der Waals surface area contributed by atoms with Gasteiger partial charge < -0.3 is 20.1 Å². The average molecular weight is 388 g/mol. The molecule has 0 aliphatic rings. The van der Waals surface area contributed by atoms with Gasteiger partial charge in [-0.05, 0) is 37.6 Å². The summed E-state index contributed by atoms with van der Waals surface area (Å²) in [6.45, 7) is 3.28. The monoisotopic (exact) mass is 388 g/mol. The van der Waals surface area contributed by atoms with Crippen molar-refractivity contribution < 1.29 is 23.5 Å². The lowest BCUT2D eigenvalue weighted by Gasteiger charge is -2.23. The molecule has 6 nitrogen and oxygen atoms in total. The molecular weight excluding hydrogens is 363 g/mol. The Kier molecular flexibility index (Phi) is 6.98. The summed E-state index contributed by atoms with van der Waals surface area (Å²) in [6, 6.07) is 11.5. The van der Waals surface area contributed by atoms with Crippen LogP contribution in [0.1, 0.15) is 25.0 Å². The second-order valence-corrected chi connectivity index (χ2v) is 6.77. The van der Waals surface area contributed by atoms with Crippen molar-refractivity contribution in [2.24, 2.45) is 5.41 Å². The van der Waals surface area contributed by atoms with E-state index in [1.165, 1.54) is 27.0 Å². The van der Waals surface area contributed by atoms with Crippen molar-refractivity contribution >= 4 is 11.8 Å². The molecule has 28 heavy (non-hydrogen) atoms. The first-order chi connectivity index (χ1) is 13.3. The van der Waals surface area contributed by atoms with Gasteiger partial charge in [0.2, 0.25) is 11.8 Å². The van der Waals surface area contributed by atoms with Crippen LogP contribution in [-0.4, -0.2) is 26.0 Å². The summed E-state index contributed by atoms with van der Waals surface area (Å²) in [7, 11) is 3.07. The Bertz CT molecular complexity index is 852. The number of hydrogen-bond acceptors (Lipinski definition) is 4. The van der Waals surface area contributed by atoms with Crippen molar-refractivity contribution in [1.29, 1.82) is 0 Å². The maximum atomic E-state index is 13.7. The lowest BCUT2D eigenvalue weighted by atomic mass is 9.91. The van der Waals surface area contributed by atoms with Gasteiger partial charge >= 0.3 is 0 Å². The van der Waals surface area contributed by atoms with Crippen LogP contribution >= 0.6 is 0 Å². The first-order valence-electron chi connectivity index (χ1n) is 8.80. The van der Waals surface area contributed by atoms with E-state index in [0.717, 1.165) is 5.56 Å². The number of nitrogens with one attached hydrogen (secondary N) is 2. The fraction of sp³-hybridized carbons (Fsp3) is 0.333. The van der Waals surface area contributed by atoms with Gasteiger partial charge in [-0.3, -0.25) is 9.59 Å². The molecule has 2 N–H and O–H groups in total. The molecule has 150 valence electrons. The summed E-state index contributed by atoms with van der Waals surface area (Å²) < 4.78 is 24.1. The van der Waals surface area contributed by atoms with E-state index in [4.69, 9.17) is 9.47 Å². The second kappa shape index (κ2) is 9.21. The van der Waals surface area contributed by atoms with Gasteiger partial charge in [0.15, 0.2) is 11.5 Å². The standard InChI is InChI=1S/C21H25FN2O4/c1-21(2,20(26)24-13-15-7-5-6-8-16(15)22)19(25)23-12-14-9-10-17(27-3)18(11-14)28-4/h5-11H,12-13H2,1-4H3,(H,23,25)(H,24,26). The number of carbonyl (C=O) groups excluding carboxylic acids is 2. The normalized spacial score (nSPS) is 10.9. The highest BCUT2D eigenvalue weighted by atomic mass is 19.1. The zero-order chi connectivity index (χ0) is 20.7. The van der Waals surface area contributed by atoms with Crippen molar-refractivity contribution in [2.45, 2.75) is 26.9 Å². The van der Waals surface area contributed by atoms with E-state index in [9.17, 15) is 14.0 Å². The van der Waals surface area contributed by atoms with Gasteiger partial charge in [0.25, 0.3) is 0 Å². The quantitative estimate of drug-likeness (QED) is 0.682. The van der Waals surface area contributed by atoms with Gasteiger partial charge in [-0.2, -0.15) is 0 Å². The van der Waals surface area contributed by atoms with Crippen LogP contribution in [0.2, 0.25) is 0 Å². The molecule has 0 saturated carbocycles. The molecule has 2 amide bonds. The first kappa shape index (κ1) is 21.2. The lowest BCUT2D eigenvalue weighted by Crippen LogP contribution is -2.47. The topological polar surface area (TPSA) is 76.7 Å². The molecule has 2 aromatic rings. The van der Waals surface area contributed by atoms with Crippen LogP contribution in [0, 0.1) is 11.2 Å². The Morgan fingerprint density at radius 3 is 2.14 bits per heavy atom. The number of halogens is 1. The molecule has 2 aromatic carbocycles. The highest BCUT2D eigenvalue weighted by Gasteiger charge is 2.35. The van der Waals surface area contributed by atoms with Crippen LogP contribution in [0.15, 0.2) is 42.5 Å². The predicted octanol–water partition coefficient (Wildman–Crippen LogP) is 2.80. The van der Waals surface area contributed by atoms with Crippen molar-refractivity contribution in [1.82, 2.24) is 10.6 Å². The number of amides is 2. The third kappa shape index (κ3) is 5.00. The zero-order valence-corrected chi connectivity index (χ0v) is 16.5. The Hall–Kier alpha value is -3.09. The van der Waals surface area contributed by atoms with Gasteiger partial charge in [0.05, 0.1) is 14.2 Å². The molecule has 0 bridgehead atoms. The third-order valence-corrected chi connectivity index (χ3v) is 4.43. The van der Waals surface area contributed by atoms with E-state index < -0.39 is 23.0 Å². The Balaban J connectivity index is 1.96. The van der Waals surface area contributed by atoms with Crippen LogP contribution in [0.5, 0.6) is 11.5 Å². The van der Waals surface area contributed by atoms with Crippen LogP contribution in [0.3, 0.4) is 0 Å². The van der Waals surface area contributed by atoms with Crippen LogP contribution < -0.4 is 20.1 Å². The van der Waals surface area contributed by atoms with Crippen LogP contribution in [0.25, 0.3) is 0 Å². The molecule has 0 fully saturated rings. The maximum absolute atomic E-state index is 13.7. The highest BCUT2D eigenvalue weighted by molar-refractivity contribution is 6.04. The van der Waals surface area contributed by atoms with Gasteiger partial charge in [-0.25, -0.2) is 4.39 Å². The van der Waals surface area contributed by atoms with Crippen LogP contribution in [0.4, 0.5) is 4.39 Å². The summed E-state index contributed by atoms with van der Waals surface area (Å²) in [5.41, 5.74) is -0.159. The van der Waals surface area contributed by atoms with Crippen molar-refractivity contribution in [3.63, 3.8) is 0 Å². The highest BCUT2D eigenvalue weighted by Crippen LogP contribution is 2.27. The van der Waals surface area contributed by atoms with Crippen molar-refractivity contribution in [3.8, 4) is 11.5 Å². The summed E-state index contributed by atoms with van der Waals surface area (Å²) in [6.07, 6.45) is 0. The van der Waals surface area contributed by atoms with E-state index in [1.54, 1.807) is 43.5 Å². The lowest BCUT2D eigenvalue weighted by molar-refractivity contribution is -0.141. The zero-order valence-electron chi connectivity index (χ0n) is 16.5. The summed E-state index contributed by atoms with van der Waals surface area (Å²) in [4.78, 5) is 25.0. The van der Waals surface area contributed by atoms with Crippen molar-refractivity contribution in [2.75, 3.05) is 14.2 Å². The van der Waals surface area contributed by atoms with E-state index in [1.807, 2.05) is 0 Å². The van der Waals surface area contributed by atoms with Gasteiger partial charge in [0, 0.05) is 18.7 Å². The van der Waals surface area contributed by atoms with E-state index in [0.29, 0.717) is 17.1 Å². The predicted molar refractivity (Wildman–Crippen MR) is 103 cm³/mol. The fourth-order valence-corrected chi connectivity index (χ4v) is 2.54. The molecule has 0 heterocycles. The number of hydrogen-bond donors (Lipinski definition) is 2. The molecule has 0 spiro atoms. The molecule has 0 aliphatic heterocycles. The molecular formula is C21H25FN2O4. The smallest absolute Gasteiger partial charge is 0.235 e. The number of rotatable bonds is 8. The molecule has 0 radical (unpaired) electrons. The van der Waals surface area contributed by atoms with Gasteiger partial charge in [0.1, 0.15) is 11.2 Å². The van der Waals surface area contributed by atoms with Gasteiger partial charge in [-0.15, -0.1) is 0 Å². The Labute approximate surface area is 164 Å². The largest absolute Gasteiger partial charge is 0.493 e. The summed E-state index contributed by atoms with van der Waals surface area (Å²) in [5.74, 6) is -0.186. The fourth-order valence-electron chi connectivity index (χ4n) is 2.54. The Morgan fingerprint density at radius 2 is 1.54 bits per heavy atom. The molecule has 0 unspecified atom stereocenters. The third-order valence-electron chi connectivity index (χ3n) is 4.43. The molecule has 0 aromatic heterocycles. The maximum Gasteiger partial charge on any atom is 0.235 e. The minimum atomic E-state index is -1.32. The van der Waals surface area contributed by atoms with E-state index in [2.05, 4.69) is 10.6 Å². The van der Waals surface area contributed by atoms with Crippen molar-refractivity contribution in [3.05, 3.63) is 59.4 Å². The molecule has 2 rings (SSSR count). The van der Waals surface area contributed by atoms with Gasteiger partial charge in [-0.1, -0.05) is 24.3 Å². The van der Waals surface area contributed by atoms with Crippen LogP contribution in [-0.2, 0) is 22.7 Å². The second-order valence-electron chi connectivity index (χ2n) is 6.77. The molecule has 7 heteroatoms. The van der Waals surface area contributed by atoms with E-state index >= 15 is 0 Å². The number of carbonyl (C=O) groups is 2. The number of methoxy groups -OCH3 is 2. The Morgan fingerprint density at radius 1 is 0.929 bits per heavy atom. The molecule has 0 aliphatic carbocycles. The SMILES string of the molecule is COc1ccc(CNC(=O)C(C)(C)C(=O)NCc2ccccc2F)cc1OC. The summed E-state index contributed by atoms with van der Waals surface area (Å²) >= 11 is 0. The first-order valence-corrected chi connectivity index (χ1v) is 8.80. The minimum Gasteiger partial charge on any atom is -0.493 e. The molecule has 0 saturated heterocycles. The van der Waals surface area contributed by atoms with E-state index in [-0.39, 0.29) is 13.1 Å². The number of benzene rings is 2. The average Bonchev–Trinajstić information content (AvgIpc) is 2.70. The summed E-state index contributed by atoms with van der Waals surface area (Å²) in [5, 5.41) is 5.36. The minimum absolute atomic E-state index is 0.0118.